The van der Waals surface area contributed by atoms with E-state index in [-0.39, 0.29) is 5.75 Å². The Morgan fingerprint density at radius 1 is 1.41 bits per heavy atom. The molecule has 0 aliphatic rings. The summed E-state index contributed by atoms with van der Waals surface area (Å²) in [6.45, 7) is 4.83. The molecular weight excluding hydrogens is 306 g/mol. The SMILES string of the molecule is CCOc1cc(CNCc2ncc[nH]2)cc(Cl)c1OC(C)=O. The first kappa shape index (κ1) is 16.3. The number of esters is 1. The number of imidazole rings is 1. The average Bonchev–Trinajstić information content (AvgIpc) is 2.96. The number of rotatable bonds is 7. The fourth-order valence-electron chi connectivity index (χ4n) is 1.95. The number of carbonyl (C=O) groups excluding carboxylic acids is 1. The maximum absolute atomic E-state index is 11.2. The molecule has 1 aromatic heterocycles. The molecule has 2 rings (SSSR count). The molecule has 6 nitrogen and oxygen atoms in total. The molecule has 2 N–H and O–H groups in total. The summed E-state index contributed by atoms with van der Waals surface area (Å²) >= 11 is 6.19. The highest BCUT2D eigenvalue weighted by molar-refractivity contribution is 6.32. The maximum Gasteiger partial charge on any atom is 0.308 e. The van der Waals surface area contributed by atoms with Crippen LogP contribution in [0.5, 0.6) is 11.5 Å². The van der Waals surface area contributed by atoms with Gasteiger partial charge in [-0.3, -0.25) is 4.79 Å². The number of nitrogens with one attached hydrogen (secondary N) is 2. The van der Waals surface area contributed by atoms with Crippen LogP contribution in [0.3, 0.4) is 0 Å². The summed E-state index contributed by atoms with van der Waals surface area (Å²) in [6.07, 6.45) is 3.48. The van der Waals surface area contributed by atoms with Crippen molar-refractivity contribution in [3.05, 3.63) is 40.9 Å². The number of aromatic amines is 1. The van der Waals surface area contributed by atoms with Gasteiger partial charge in [0.25, 0.3) is 0 Å². The third-order valence-corrected chi connectivity index (χ3v) is 3.07. The van der Waals surface area contributed by atoms with Crippen LogP contribution in [0.25, 0.3) is 0 Å². The Morgan fingerprint density at radius 3 is 2.86 bits per heavy atom. The fourth-order valence-corrected chi connectivity index (χ4v) is 2.22. The minimum absolute atomic E-state index is 0.255. The van der Waals surface area contributed by atoms with Gasteiger partial charge in [-0.15, -0.1) is 0 Å². The number of hydrogen-bond acceptors (Lipinski definition) is 5. The van der Waals surface area contributed by atoms with Gasteiger partial charge in [-0.2, -0.15) is 0 Å². The van der Waals surface area contributed by atoms with Gasteiger partial charge >= 0.3 is 5.97 Å². The zero-order valence-corrected chi connectivity index (χ0v) is 13.2. The molecule has 1 aromatic carbocycles. The normalized spacial score (nSPS) is 10.5. The number of nitrogens with zero attached hydrogens (tertiary/aromatic N) is 1. The Labute approximate surface area is 133 Å². The Kier molecular flexibility index (Phi) is 5.80. The van der Waals surface area contributed by atoms with Crippen LogP contribution in [-0.2, 0) is 17.9 Å². The monoisotopic (exact) mass is 323 g/mol. The summed E-state index contributed by atoms with van der Waals surface area (Å²) in [4.78, 5) is 18.3. The van der Waals surface area contributed by atoms with Crippen LogP contribution in [0, 0.1) is 0 Å². The third kappa shape index (κ3) is 4.47. The molecule has 0 fully saturated rings. The Morgan fingerprint density at radius 2 is 2.23 bits per heavy atom. The summed E-state index contributed by atoms with van der Waals surface area (Å²) in [6, 6.07) is 3.56. The van der Waals surface area contributed by atoms with Gasteiger partial charge in [0.1, 0.15) is 5.82 Å². The second kappa shape index (κ2) is 7.82. The zero-order chi connectivity index (χ0) is 15.9. The number of aromatic nitrogens is 2. The van der Waals surface area contributed by atoms with Crippen LogP contribution in [0.15, 0.2) is 24.5 Å². The number of hydrogen-bond donors (Lipinski definition) is 2. The van der Waals surface area contributed by atoms with E-state index in [1.54, 1.807) is 18.5 Å². The van der Waals surface area contributed by atoms with E-state index in [1.165, 1.54) is 6.92 Å². The third-order valence-electron chi connectivity index (χ3n) is 2.79. The molecule has 0 saturated carbocycles. The number of benzene rings is 1. The Balaban J connectivity index is 2.09. The summed E-state index contributed by atoms with van der Waals surface area (Å²) in [5.74, 6) is 1.13. The van der Waals surface area contributed by atoms with Gasteiger partial charge in [-0.1, -0.05) is 11.6 Å². The smallest absolute Gasteiger partial charge is 0.308 e. The molecule has 0 radical (unpaired) electrons. The van der Waals surface area contributed by atoms with Gasteiger partial charge in [0.2, 0.25) is 0 Å². The molecule has 0 aliphatic heterocycles. The fraction of sp³-hybridized carbons (Fsp3) is 0.333. The van der Waals surface area contributed by atoms with E-state index in [2.05, 4.69) is 15.3 Å². The minimum atomic E-state index is -0.438. The van der Waals surface area contributed by atoms with Gasteiger partial charge in [0, 0.05) is 25.9 Å². The van der Waals surface area contributed by atoms with Gasteiger partial charge in [-0.05, 0) is 24.6 Å². The Hall–Kier alpha value is -2.05. The van der Waals surface area contributed by atoms with Gasteiger partial charge in [-0.25, -0.2) is 4.98 Å². The van der Waals surface area contributed by atoms with Crippen molar-refractivity contribution in [2.75, 3.05) is 6.61 Å². The lowest BCUT2D eigenvalue weighted by Crippen LogP contribution is -2.14. The molecule has 0 spiro atoms. The highest BCUT2D eigenvalue weighted by Crippen LogP contribution is 2.36. The van der Waals surface area contributed by atoms with Crippen LogP contribution < -0.4 is 14.8 Å². The van der Waals surface area contributed by atoms with Gasteiger partial charge in [0.15, 0.2) is 11.5 Å². The van der Waals surface area contributed by atoms with Crippen molar-refractivity contribution >= 4 is 17.6 Å². The van der Waals surface area contributed by atoms with Crippen molar-refractivity contribution in [2.24, 2.45) is 0 Å². The van der Waals surface area contributed by atoms with E-state index >= 15 is 0 Å². The maximum atomic E-state index is 11.2. The lowest BCUT2D eigenvalue weighted by molar-refractivity contribution is -0.132. The molecule has 7 heteroatoms. The van der Waals surface area contributed by atoms with Crippen LogP contribution in [0.4, 0.5) is 0 Å². The topological polar surface area (TPSA) is 76.2 Å². The molecule has 0 amide bonds. The van der Waals surface area contributed by atoms with E-state index in [9.17, 15) is 4.79 Å². The average molecular weight is 324 g/mol. The Bertz CT molecular complexity index is 629. The second-order valence-electron chi connectivity index (χ2n) is 4.57. The predicted octanol–water partition coefficient (Wildman–Crippen LogP) is 2.68. The van der Waals surface area contributed by atoms with Crippen molar-refractivity contribution in [1.82, 2.24) is 15.3 Å². The van der Waals surface area contributed by atoms with Crippen molar-refractivity contribution in [2.45, 2.75) is 26.9 Å². The van der Waals surface area contributed by atoms with Crippen molar-refractivity contribution in [1.29, 1.82) is 0 Å². The first-order valence-corrected chi connectivity index (χ1v) is 7.30. The molecule has 0 bridgehead atoms. The van der Waals surface area contributed by atoms with E-state index < -0.39 is 5.97 Å². The van der Waals surface area contributed by atoms with Crippen LogP contribution in [0.1, 0.15) is 25.2 Å². The van der Waals surface area contributed by atoms with E-state index in [1.807, 2.05) is 13.0 Å². The van der Waals surface area contributed by atoms with E-state index in [0.29, 0.717) is 30.5 Å². The van der Waals surface area contributed by atoms with Crippen LogP contribution >= 0.6 is 11.6 Å². The molecule has 0 unspecified atom stereocenters. The minimum Gasteiger partial charge on any atom is -0.490 e. The molecule has 118 valence electrons. The molecule has 22 heavy (non-hydrogen) atoms. The highest BCUT2D eigenvalue weighted by Gasteiger charge is 2.14. The van der Waals surface area contributed by atoms with Gasteiger partial charge < -0.3 is 19.8 Å². The quantitative estimate of drug-likeness (QED) is 0.605. The van der Waals surface area contributed by atoms with Crippen LogP contribution in [-0.4, -0.2) is 22.5 Å². The predicted molar refractivity (Wildman–Crippen MR) is 83.1 cm³/mol. The van der Waals surface area contributed by atoms with Crippen LogP contribution in [0.2, 0.25) is 5.02 Å². The first-order valence-electron chi connectivity index (χ1n) is 6.92. The molecule has 1 heterocycles. The van der Waals surface area contributed by atoms with E-state index in [0.717, 1.165) is 11.4 Å². The lowest BCUT2D eigenvalue weighted by Gasteiger charge is -2.13. The molecule has 2 aromatic rings. The van der Waals surface area contributed by atoms with E-state index in [4.69, 9.17) is 21.1 Å². The zero-order valence-electron chi connectivity index (χ0n) is 12.5. The highest BCUT2D eigenvalue weighted by atomic mass is 35.5. The lowest BCUT2D eigenvalue weighted by atomic mass is 10.2. The molecule has 0 atom stereocenters. The number of H-pyrrole nitrogens is 1. The number of carbonyl (C=O) groups is 1. The summed E-state index contributed by atoms with van der Waals surface area (Å²) in [7, 11) is 0. The summed E-state index contributed by atoms with van der Waals surface area (Å²) in [5, 5.41) is 3.59. The molecule has 0 aliphatic carbocycles. The van der Waals surface area contributed by atoms with Gasteiger partial charge in [0.05, 0.1) is 18.2 Å². The molecule has 0 saturated heterocycles. The largest absolute Gasteiger partial charge is 0.490 e. The summed E-state index contributed by atoms with van der Waals surface area (Å²) < 4.78 is 10.6. The first-order chi connectivity index (χ1) is 10.6. The van der Waals surface area contributed by atoms with Crippen molar-refractivity contribution < 1.29 is 14.3 Å². The van der Waals surface area contributed by atoms with Crippen molar-refractivity contribution in [3.63, 3.8) is 0 Å². The summed E-state index contributed by atoms with van der Waals surface area (Å²) in [5.41, 5.74) is 0.927. The standard InChI is InChI=1S/C15H18ClN3O3/c1-3-21-13-7-11(6-12(16)15(13)22-10(2)20)8-17-9-14-18-4-5-19-14/h4-7,17H,3,8-9H2,1-2H3,(H,18,19). The number of ether oxygens (including phenoxy) is 2. The number of halogens is 1. The van der Waals surface area contributed by atoms with Crippen molar-refractivity contribution in [3.8, 4) is 11.5 Å². The molecular formula is C15H18ClN3O3. The second-order valence-corrected chi connectivity index (χ2v) is 4.98.